The van der Waals surface area contributed by atoms with Crippen molar-refractivity contribution in [1.82, 2.24) is 14.9 Å². The monoisotopic (exact) mass is 421 g/mol. The molecule has 0 unspecified atom stereocenters. The third-order valence-corrected chi connectivity index (χ3v) is 5.76. The zero-order chi connectivity index (χ0) is 21.8. The Morgan fingerprint density at radius 3 is 2.73 bits per heavy atom. The topological polar surface area (TPSA) is 69.0 Å². The first-order valence-corrected chi connectivity index (χ1v) is 9.44. The second-order valence-electron chi connectivity index (χ2n) is 7.67. The van der Waals surface area contributed by atoms with E-state index in [2.05, 4.69) is 9.97 Å². The molecule has 2 N–H and O–H groups in total. The maximum atomic E-state index is 14.2. The smallest absolute Gasteiger partial charge is 0.270 e. The molecule has 0 bridgehead atoms. The highest BCUT2D eigenvalue weighted by Gasteiger charge is 2.36. The molecule has 1 amide bonds. The summed E-state index contributed by atoms with van der Waals surface area (Å²) < 4.78 is 55.1. The highest BCUT2D eigenvalue weighted by molar-refractivity contribution is 5.94. The van der Waals surface area contributed by atoms with Crippen molar-refractivity contribution in [2.24, 2.45) is 0 Å². The summed E-state index contributed by atoms with van der Waals surface area (Å²) in [4.78, 5) is 31.6. The maximum absolute atomic E-state index is 14.2. The number of amides is 1. The van der Waals surface area contributed by atoms with Crippen LogP contribution in [0.15, 0.2) is 29.2 Å². The quantitative estimate of drug-likeness (QED) is 0.626. The molecule has 0 saturated carbocycles. The molecule has 1 aromatic carbocycles. The van der Waals surface area contributed by atoms with E-state index >= 15 is 0 Å². The van der Waals surface area contributed by atoms with Crippen LogP contribution in [0.2, 0.25) is 0 Å². The molecular weight excluding hydrogens is 402 g/mol. The lowest BCUT2D eigenvalue weighted by Crippen LogP contribution is -2.30. The van der Waals surface area contributed by atoms with E-state index in [1.54, 1.807) is 6.92 Å². The van der Waals surface area contributed by atoms with E-state index in [0.29, 0.717) is 16.8 Å². The molecule has 1 atom stereocenters. The summed E-state index contributed by atoms with van der Waals surface area (Å²) in [5.74, 6) is -5.63. The average Bonchev–Trinajstić information content (AvgIpc) is 3.11. The number of rotatable bonds is 3. The zero-order valence-electron chi connectivity index (χ0n) is 16.3. The number of carbonyl (C=O) groups excluding carboxylic acids is 1. The number of nitrogens with one attached hydrogen (secondary N) is 2. The van der Waals surface area contributed by atoms with Crippen molar-refractivity contribution >= 4 is 16.7 Å². The molecule has 1 aliphatic carbocycles. The van der Waals surface area contributed by atoms with Crippen LogP contribution in [0.1, 0.15) is 46.7 Å². The Morgan fingerprint density at radius 1 is 1.27 bits per heavy atom. The number of hydrogen-bond acceptors (Lipinski definition) is 2. The second kappa shape index (κ2) is 7.00. The molecule has 0 radical (unpaired) electrons. The van der Waals surface area contributed by atoms with Crippen molar-refractivity contribution in [2.75, 3.05) is 7.05 Å². The van der Waals surface area contributed by atoms with Gasteiger partial charge in [0, 0.05) is 31.8 Å². The number of hydrogen-bond donors (Lipinski definition) is 2. The van der Waals surface area contributed by atoms with Crippen molar-refractivity contribution in [1.29, 1.82) is 0 Å². The van der Waals surface area contributed by atoms with Crippen molar-refractivity contribution in [3.05, 3.63) is 68.9 Å². The number of aromatic nitrogens is 2. The lowest BCUT2D eigenvalue weighted by molar-refractivity contribution is -0.0124. The number of aromatic amines is 2. The fourth-order valence-corrected chi connectivity index (χ4v) is 3.94. The molecule has 2 heterocycles. The van der Waals surface area contributed by atoms with Gasteiger partial charge in [0.05, 0.1) is 11.4 Å². The summed E-state index contributed by atoms with van der Waals surface area (Å²) in [5, 5.41) is -0.229. The van der Waals surface area contributed by atoms with Crippen molar-refractivity contribution < 1.29 is 22.4 Å². The van der Waals surface area contributed by atoms with Gasteiger partial charge in [0.15, 0.2) is 11.6 Å². The van der Waals surface area contributed by atoms with Crippen LogP contribution in [0.4, 0.5) is 17.6 Å². The van der Waals surface area contributed by atoms with E-state index in [9.17, 15) is 27.2 Å². The number of aryl methyl sites for hydroxylation is 1. The van der Waals surface area contributed by atoms with E-state index in [1.165, 1.54) is 30.3 Å². The van der Waals surface area contributed by atoms with Crippen LogP contribution in [0, 0.1) is 11.6 Å². The fourth-order valence-electron chi connectivity index (χ4n) is 3.94. The largest absolute Gasteiger partial charge is 0.354 e. The molecule has 0 fully saturated rings. The minimum absolute atomic E-state index is 0.157. The number of halogens is 4. The van der Waals surface area contributed by atoms with Gasteiger partial charge in [-0.05, 0) is 42.0 Å². The summed E-state index contributed by atoms with van der Waals surface area (Å²) in [6, 6.07) is 3.04. The third kappa shape index (κ3) is 3.28. The number of fused-ring (bicyclic) bond motifs is 2. The Bertz CT molecular complexity index is 1210. The van der Waals surface area contributed by atoms with Gasteiger partial charge in [-0.25, -0.2) is 17.6 Å². The number of carbonyl (C=O) groups is 1. The van der Waals surface area contributed by atoms with Crippen LogP contribution < -0.4 is 5.56 Å². The van der Waals surface area contributed by atoms with E-state index in [1.807, 2.05) is 0 Å². The number of H-pyrrole nitrogens is 2. The molecule has 9 heteroatoms. The van der Waals surface area contributed by atoms with E-state index in [-0.39, 0.29) is 23.9 Å². The zero-order valence-corrected chi connectivity index (χ0v) is 16.3. The molecule has 3 aromatic rings. The minimum Gasteiger partial charge on any atom is -0.354 e. The summed E-state index contributed by atoms with van der Waals surface area (Å²) in [6.07, 6.45) is 0.827. The Labute approximate surface area is 168 Å². The Kier molecular flexibility index (Phi) is 4.71. The predicted molar refractivity (Wildman–Crippen MR) is 103 cm³/mol. The van der Waals surface area contributed by atoms with Gasteiger partial charge in [-0.1, -0.05) is 6.07 Å². The summed E-state index contributed by atoms with van der Waals surface area (Å²) in [6.45, 7) is 1.67. The second-order valence-corrected chi connectivity index (χ2v) is 7.67. The van der Waals surface area contributed by atoms with Gasteiger partial charge in [-0.2, -0.15) is 0 Å². The van der Waals surface area contributed by atoms with Gasteiger partial charge in [0.1, 0.15) is 5.69 Å². The number of alkyl halides is 2. The first kappa shape index (κ1) is 20.2. The van der Waals surface area contributed by atoms with Crippen LogP contribution in [-0.2, 0) is 12.8 Å². The van der Waals surface area contributed by atoms with Crippen LogP contribution in [-0.4, -0.2) is 33.7 Å². The third-order valence-electron chi connectivity index (χ3n) is 5.76. The van der Waals surface area contributed by atoms with Gasteiger partial charge < -0.3 is 14.9 Å². The van der Waals surface area contributed by atoms with Crippen LogP contribution >= 0.6 is 0 Å². The molecule has 0 spiro atoms. The molecule has 4 rings (SSSR count). The summed E-state index contributed by atoms with van der Waals surface area (Å²) in [7, 11) is 1.51. The summed E-state index contributed by atoms with van der Waals surface area (Å²) in [5.41, 5.74) is 0.866. The first-order chi connectivity index (χ1) is 14.1. The van der Waals surface area contributed by atoms with Gasteiger partial charge in [0.25, 0.3) is 17.4 Å². The van der Waals surface area contributed by atoms with E-state index < -0.39 is 46.9 Å². The SMILES string of the molecule is C[C@@H](c1c[nH]c(=O)c2c(F)c(F)ccc12)N(C)C(=O)c1cc2c([nH]1)CCC(F)(F)C2. The molecule has 2 aromatic heterocycles. The molecule has 30 heavy (non-hydrogen) atoms. The first-order valence-electron chi connectivity index (χ1n) is 9.44. The van der Waals surface area contributed by atoms with Crippen LogP contribution in [0.25, 0.3) is 10.8 Å². The van der Waals surface area contributed by atoms with Gasteiger partial charge in [-0.15, -0.1) is 0 Å². The lowest BCUT2D eigenvalue weighted by atomic mass is 9.94. The molecule has 158 valence electrons. The van der Waals surface area contributed by atoms with Crippen LogP contribution in [0.3, 0.4) is 0 Å². The molecular formula is C21H19F4N3O2. The predicted octanol–water partition coefficient (Wildman–Crippen LogP) is 4.09. The Morgan fingerprint density at radius 2 is 2.00 bits per heavy atom. The summed E-state index contributed by atoms with van der Waals surface area (Å²) >= 11 is 0. The maximum Gasteiger partial charge on any atom is 0.270 e. The normalized spacial score (nSPS) is 16.3. The van der Waals surface area contributed by atoms with Crippen LogP contribution in [0.5, 0.6) is 0 Å². The molecule has 0 saturated heterocycles. The highest BCUT2D eigenvalue weighted by Crippen LogP contribution is 2.34. The molecule has 1 aliphatic rings. The molecule has 0 aliphatic heterocycles. The van der Waals surface area contributed by atoms with Gasteiger partial charge in [0.2, 0.25) is 0 Å². The lowest BCUT2D eigenvalue weighted by Gasteiger charge is -2.26. The van der Waals surface area contributed by atoms with Gasteiger partial charge in [-0.3, -0.25) is 9.59 Å². The number of pyridine rings is 1. The van der Waals surface area contributed by atoms with Crippen molar-refractivity contribution in [3.8, 4) is 0 Å². The fraction of sp³-hybridized carbons (Fsp3) is 0.333. The van der Waals surface area contributed by atoms with Crippen molar-refractivity contribution in [2.45, 2.75) is 38.2 Å². The van der Waals surface area contributed by atoms with E-state index in [4.69, 9.17) is 0 Å². The van der Waals surface area contributed by atoms with Crippen molar-refractivity contribution in [3.63, 3.8) is 0 Å². The molecule has 5 nitrogen and oxygen atoms in total. The highest BCUT2D eigenvalue weighted by atomic mass is 19.3. The van der Waals surface area contributed by atoms with E-state index in [0.717, 1.165) is 6.07 Å². The number of benzene rings is 1. The number of nitrogens with zero attached hydrogens (tertiary/aromatic N) is 1. The van der Waals surface area contributed by atoms with Gasteiger partial charge >= 0.3 is 0 Å². The Balaban J connectivity index is 1.68. The average molecular weight is 421 g/mol. The Hall–Kier alpha value is -3.10. The minimum atomic E-state index is -2.79. The standard InChI is InChI=1S/C21H19F4N3O2/c1-10(13-9-26-19(29)17-12(13)3-4-14(22)18(17)23)28(2)20(30)16-7-11-8-21(24,25)6-5-15(11)27-16/h3-4,7,9-10,27H,5-6,8H2,1-2H3,(H,26,29)/t10-/m0/s1.